The highest BCUT2D eigenvalue weighted by Crippen LogP contribution is 2.44. The fraction of sp³-hybridized carbons (Fsp3) is 0.429. The van der Waals surface area contributed by atoms with Gasteiger partial charge >= 0.3 is 12.1 Å². The number of ether oxygens (including phenoxy) is 1. The van der Waals surface area contributed by atoms with E-state index in [0.717, 1.165) is 18.2 Å². The number of hydrogen-bond donors (Lipinski definition) is 3. The van der Waals surface area contributed by atoms with Crippen LogP contribution in [0.2, 0.25) is 0 Å². The number of carbonyl (C=O) groups is 1. The van der Waals surface area contributed by atoms with Crippen LogP contribution in [-0.2, 0) is 9.53 Å². The fourth-order valence-corrected chi connectivity index (χ4v) is 2.97. The molecule has 1 saturated heterocycles. The van der Waals surface area contributed by atoms with Crippen molar-refractivity contribution in [1.82, 2.24) is 10.6 Å². The van der Waals surface area contributed by atoms with Gasteiger partial charge in [-0.05, 0) is 24.7 Å². The molecule has 0 bridgehead atoms. The van der Waals surface area contributed by atoms with E-state index < -0.39 is 56.9 Å². The summed E-state index contributed by atoms with van der Waals surface area (Å²) < 4.78 is 45.3. The van der Waals surface area contributed by atoms with Crippen molar-refractivity contribution >= 4 is 29.0 Å². The number of esters is 1. The molecule has 0 saturated carbocycles. The standard InChI is InChI=1S/C14H14F3N3O6S/c1-2-26-11(22)9-10(7-5-6(20(24)25)3-4-8(7)21)18-12(27)19-13(9,23)14(15,16)17/h3-5,9-10,21,23H,2H2,1H3,(H2,18,19,27)/p-1/t9-,10+,13-/m1/s1. The number of aliphatic hydroxyl groups is 1. The molecule has 1 heterocycles. The Morgan fingerprint density at radius 3 is 2.63 bits per heavy atom. The Morgan fingerprint density at radius 2 is 2.11 bits per heavy atom. The van der Waals surface area contributed by atoms with E-state index >= 15 is 0 Å². The summed E-state index contributed by atoms with van der Waals surface area (Å²) >= 11 is 4.66. The topological polar surface area (TPSA) is 137 Å². The molecular weight excluding hydrogens is 395 g/mol. The van der Waals surface area contributed by atoms with Crippen molar-refractivity contribution in [3.8, 4) is 5.75 Å². The number of nitrogens with one attached hydrogen (secondary N) is 2. The Hall–Kier alpha value is -2.67. The minimum absolute atomic E-state index is 0.306. The Labute approximate surface area is 155 Å². The predicted octanol–water partition coefficient (Wildman–Crippen LogP) is 0.617. The maximum atomic E-state index is 13.6. The number of benzene rings is 1. The zero-order chi connectivity index (χ0) is 20.6. The largest absolute Gasteiger partial charge is 0.872 e. The molecule has 2 rings (SSSR count). The smallest absolute Gasteiger partial charge is 0.437 e. The van der Waals surface area contributed by atoms with Crippen molar-refractivity contribution in [2.45, 2.75) is 24.9 Å². The third-order valence-corrected chi connectivity index (χ3v) is 4.11. The van der Waals surface area contributed by atoms with Crippen LogP contribution in [0.5, 0.6) is 5.75 Å². The highest BCUT2D eigenvalue weighted by molar-refractivity contribution is 7.80. The molecule has 13 heteroatoms. The van der Waals surface area contributed by atoms with Crippen LogP contribution < -0.4 is 15.7 Å². The van der Waals surface area contributed by atoms with Crippen LogP contribution in [-0.4, -0.2) is 39.6 Å². The molecule has 9 nitrogen and oxygen atoms in total. The van der Waals surface area contributed by atoms with Gasteiger partial charge in [-0.3, -0.25) is 14.9 Å². The minimum atomic E-state index is -5.39. The van der Waals surface area contributed by atoms with Gasteiger partial charge in [0, 0.05) is 12.1 Å². The summed E-state index contributed by atoms with van der Waals surface area (Å²) in [4.78, 5) is 22.3. The number of alkyl halides is 3. The van der Waals surface area contributed by atoms with Gasteiger partial charge in [0.05, 0.1) is 17.6 Å². The second kappa shape index (κ2) is 7.15. The van der Waals surface area contributed by atoms with Gasteiger partial charge in [-0.2, -0.15) is 13.2 Å². The Bertz CT molecular complexity index is 790. The van der Waals surface area contributed by atoms with Crippen molar-refractivity contribution in [2.24, 2.45) is 5.92 Å². The van der Waals surface area contributed by atoms with Gasteiger partial charge in [0.25, 0.3) is 11.4 Å². The molecule has 0 amide bonds. The summed E-state index contributed by atoms with van der Waals surface area (Å²) in [5.41, 5.74) is -4.99. The highest BCUT2D eigenvalue weighted by Gasteiger charge is 2.66. The van der Waals surface area contributed by atoms with Gasteiger partial charge in [0.15, 0.2) is 5.11 Å². The average Bonchev–Trinajstić information content (AvgIpc) is 2.53. The normalized spacial score (nSPS) is 25.3. The Balaban J connectivity index is 2.68. The zero-order valence-corrected chi connectivity index (χ0v) is 14.4. The van der Waals surface area contributed by atoms with E-state index in [9.17, 15) is 38.3 Å². The first-order valence-electron chi connectivity index (χ1n) is 7.42. The van der Waals surface area contributed by atoms with E-state index in [1.807, 2.05) is 0 Å². The van der Waals surface area contributed by atoms with E-state index in [-0.39, 0.29) is 6.61 Å². The van der Waals surface area contributed by atoms with Crippen LogP contribution in [0, 0.1) is 16.0 Å². The van der Waals surface area contributed by atoms with Crippen LogP contribution in [0.4, 0.5) is 18.9 Å². The average molecular weight is 408 g/mol. The van der Waals surface area contributed by atoms with Gasteiger partial charge in [-0.15, -0.1) is 5.75 Å². The number of halogens is 3. The number of nitro benzene ring substituents is 1. The quantitative estimate of drug-likeness (QED) is 0.283. The molecule has 0 radical (unpaired) electrons. The van der Waals surface area contributed by atoms with E-state index in [1.54, 1.807) is 5.32 Å². The van der Waals surface area contributed by atoms with Crippen LogP contribution in [0.25, 0.3) is 0 Å². The van der Waals surface area contributed by atoms with E-state index in [0.29, 0.717) is 0 Å². The molecule has 0 spiro atoms. The van der Waals surface area contributed by atoms with Crippen molar-refractivity contribution in [3.05, 3.63) is 33.9 Å². The molecule has 0 aromatic heterocycles. The summed E-state index contributed by atoms with van der Waals surface area (Å²) in [6.45, 7) is 1.03. The lowest BCUT2D eigenvalue weighted by Gasteiger charge is -2.46. The van der Waals surface area contributed by atoms with Gasteiger partial charge < -0.3 is 25.6 Å². The molecule has 1 aliphatic heterocycles. The van der Waals surface area contributed by atoms with Crippen molar-refractivity contribution in [1.29, 1.82) is 0 Å². The first-order valence-corrected chi connectivity index (χ1v) is 7.83. The van der Waals surface area contributed by atoms with E-state index in [4.69, 9.17) is 0 Å². The number of nitrogens with zero attached hydrogens (tertiary/aromatic N) is 1. The predicted molar refractivity (Wildman–Crippen MR) is 85.3 cm³/mol. The molecule has 1 aliphatic rings. The molecule has 3 N–H and O–H groups in total. The number of hydrogen-bond acceptors (Lipinski definition) is 7. The van der Waals surface area contributed by atoms with Crippen LogP contribution in [0.1, 0.15) is 18.5 Å². The summed E-state index contributed by atoms with van der Waals surface area (Å²) in [5, 5.41) is 36.5. The second-order valence-corrected chi connectivity index (χ2v) is 5.96. The molecule has 0 aliphatic carbocycles. The summed E-state index contributed by atoms with van der Waals surface area (Å²) in [6.07, 6.45) is -5.39. The number of thiocarbonyl (C=S) groups is 1. The lowest BCUT2D eigenvalue weighted by Crippen LogP contribution is -2.73. The number of nitro groups is 1. The molecule has 1 aromatic rings. The lowest BCUT2D eigenvalue weighted by molar-refractivity contribution is -0.385. The van der Waals surface area contributed by atoms with Crippen molar-refractivity contribution in [3.63, 3.8) is 0 Å². The zero-order valence-electron chi connectivity index (χ0n) is 13.6. The van der Waals surface area contributed by atoms with Gasteiger partial charge in [-0.25, -0.2) is 0 Å². The molecule has 148 valence electrons. The van der Waals surface area contributed by atoms with Gasteiger partial charge in [-0.1, -0.05) is 6.07 Å². The molecular formula is C14H13F3N3O6S-. The third kappa shape index (κ3) is 3.73. The summed E-state index contributed by atoms with van der Waals surface area (Å²) in [6, 6.07) is 0.531. The SMILES string of the molecule is CCOC(=O)[C@H]1[C@H](c2cc([N+](=O)[O-])ccc2[O-])NC(=S)N[C@]1(O)C(F)(F)F. The maximum Gasteiger partial charge on any atom is 0.437 e. The van der Waals surface area contributed by atoms with Crippen molar-refractivity contribution < 1.29 is 37.8 Å². The first kappa shape index (κ1) is 20.6. The Kier molecular flexibility index (Phi) is 5.47. The number of non-ortho nitro benzene ring substituents is 1. The highest BCUT2D eigenvalue weighted by atomic mass is 32.1. The van der Waals surface area contributed by atoms with Gasteiger partial charge in [0.2, 0.25) is 0 Å². The van der Waals surface area contributed by atoms with Gasteiger partial charge in [0.1, 0.15) is 5.92 Å². The molecule has 27 heavy (non-hydrogen) atoms. The summed E-state index contributed by atoms with van der Waals surface area (Å²) in [5.74, 6) is -4.77. The number of carbonyl (C=O) groups excluding carboxylic acids is 1. The molecule has 0 unspecified atom stereocenters. The fourth-order valence-electron chi connectivity index (χ4n) is 2.69. The monoisotopic (exact) mass is 408 g/mol. The number of rotatable bonds is 4. The molecule has 1 fully saturated rings. The van der Waals surface area contributed by atoms with Crippen LogP contribution in [0.3, 0.4) is 0 Å². The minimum Gasteiger partial charge on any atom is -0.872 e. The van der Waals surface area contributed by atoms with E-state index in [2.05, 4.69) is 22.3 Å². The van der Waals surface area contributed by atoms with Crippen LogP contribution >= 0.6 is 12.2 Å². The molecule has 3 atom stereocenters. The lowest BCUT2D eigenvalue weighted by atomic mass is 9.81. The van der Waals surface area contributed by atoms with E-state index in [1.165, 1.54) is 6.92 Å². The van der Waals surface area contributed by atoms with Crippen LogP contribution in [0.15, 0.2) is 18.2 Å². The summed E-state index contributed by atoms with van der Waals surface area (Å²) in [7, 11) is 0. The van der Waals surface area contributed by atoms with Crippen molar-refractivity contribution in [2.75, 3.05) is 6.61 Å². The second-order valence-electron chi connectivity index (χ2n) is 5.55. The maximum absolute atomic E-state index is 13.6. The third-order valence-electron chi connectivity index (χ3n) is 3.89. The first-order chi connectivity index (χ1) is 12.4. The Morgan fingerprint density at radius 1 is 1.48 bits per heavy atom. The molecule has 1 aromatic carbocycles.